The zero-order valence-electron chi connectivity index (χ0n) is 21.8. The van der Waals surface area contributed by atoms with Crippen LogP contribution in [0.2, 0.25) is 0 Å². The molecule has 0 N–H and O–H groups in total. The van der Waals surface area contributed by atoms with Crippen LogP contribution in [-0.2, 0) is 0 Å². The van der Waals surface area contributed by atoms with Crippen LogP contribution in [0.1, 0.15) is 55.4 Å². The molecule has 180 valence electrons. The molecule has 0 aliphatic carbocycles. The van der Waals surface area contributed by atoms with Crippen LogP contribution in [0.5, 0.6) is 0 Å². The first-order valence-electron chi connectivity index (χ1n) is 12.7. The van der Waals surface area contributed by atoms with Gasteiger partial charge in [0.25, 0.3) is 0 Å². The molecular formula is C26H46N4P2. The van der Waals surface area contributed by atoms with E-state index in [0.29, 0.717) is 0 Å². The fraction of sp³-hybridized carbons (Fsp3) is 0.615. The highest BCUT2D eigenvalue weighted by molar-refractivity contribution is 7.63. The molecule has 0 spiro atoms. The van der Waals surface area contributed by atoms with E-state index in [2.05, 4.69) is 110 Å². The van der Waals surface area contributed by atoms with Crippen molar-refractivity contribution in [1.82, 2.24) is 18.7 Å². The van der Waals surface area contributed by atoms with E-state index in [1.54, 1.807) is 0 Å². The minimum Gasteiger partial charge on any atom is -0.267 e. The van der Waals surface area contributed by atoms with Gasteiger partial charge in [-0.25, -0.2) is 0 Å². The lowest BCUT2D eigenvalue weighted by atomic mass is 10.1. The van der Waals surface area contributed by atoms with E-state index >= 15 is 0 Å². The highest BCUT2D eigenvalue weighted by Crippen LogP contribution is 2.48. The van der Waals surface area contributed by atoms with E-state index in [1.807, 2.05) is 0 Å². The first-order chi connectivity index (χ1) is 15.6. The zero-order chi connectivity index (χ0) is 23.7. The van der Waals surface area contributed by atoms with Gasteiger partial charge in [-0.1, -0.05) is 91.8 Å². The van der Waals surface area contributed by atoms with Gasteiger partial charge >= 0.3 is 0 Å². The van der Waals surface area contributed by atoms with Gasteiger partial charge in [0.1, 0.15) is 0 Å². The minimum absolute atomic E-state index is 0.539. The molecule has 0 saturated heterocycles. The van der Waals surface area contributed by atoms with Crippen LogP contribution in [0.15, 0.2) is 36.4 Å². The summed E-state index contributed by atoms with van der Waals surface area (Å²) in [6.45, 7) is 27.2. The molecule has 6 heteroatoms. The monoisotopic (exact) mass is 476 g/mol. The fourth-order valence-corrected chi connectivity index (χ4v) is 10.1. The Morgan fingerprint density at radius 1 is 0.469 bits per heavy atom. The molecule has 0 aromatic heterocycles. The van der Waals surface area contributed by atoms with Crippen molar-refractivity contribution in [2.75, 3.05) is 52.4 Å². The third-order valence-electron chi connectivity index (χ3n) is 6.28. The van der Waals surface area contributed by atoms with Crippen molar-refractivity contribution in [3.05, 3.63) is 36.4 Å². The third kappa shape index (κ3) is 5.90. The smallest absolute Gasteiger partial charge is 0.0730 e. The molecule has 4 nitrogen and oxygen atoms in total. The number of benzene rings is 2. The van der Waals surface area contributed by atoms with E-state index < -0.39 is 16.4 Å². The van der Waals surface area contributed by atoms with Crippen LogP contribution < -0.4 is 10.6 Å². The number of hydrogen-bond donors (Lipinski definition) is 0. The SMILES string of the molecule is CCN(CC)P(c1cccc2cccc(P(N(CC)CC)N(CC)CC)c12)N(CC)CC. The Labute approximate surface area is 200 Å². The highest BCUT2D eigenvalue weighted by atomic mass is 31.1. The molecule has 0 amide bonds. The molecule has 0 atom stereocenters. The summed E-state index contributed by atoms with van der Waals surface area (Å²) in [5.74, 6) is 0. The average Bonchev–Trinajstić information content (AvgIpc) is 2.84. The molecule has 0 heterocycles. The Kier molecular flexibility index (Phi) is 12.1. The minimum atomic E-state index is -0.539. The largest absolute Gasteiger partial charge is 0.267 e. The maximum Gasteiger partial charge on any atom is 0.0730 e. The number of rotatable bonds is 14. The lowest BCUT2D eigenvalue weighted by molar-refractivity contribution is 0.430. The zero-order valence-corrected chi connectivity index (χ0v) is 23.6. The molecule has 2 aromatic carbocycles. The van der Waals surface area contributed by atoms with E-state index in [-0.39, 0.29) is 0 Å². The van der Waals surface area contributed by atoms with Crippen LogP contribution in [0.3, 0.4) is 0 Å². The molecule has 0 aliphatic heterocycles. The van der Waals surface area contributed by atoms with Crippen molar-refractivity contribution in [3.63, 3.8) is 0 Å². The molecule has 0 saturated carbocycles. The Balaban J connectivity index is 2.86. The summed E-state index contributed by atoms with van der Waals surface area (Å²) in [5, 5.41) is 5.96. The van der Waals surface area contributed by atoms with Crippen molar-refractivity contribution in [2.24, 2.45) is 0 Å². The van der Waals surface area contributed by atoms with Crippen LogP contribution in [0, 0.1) is 0 Å². The first kappa shape index (κ1) is 27.6. The summed E-state index contributed by atoms with van der Waals surface area (Å²) in [6, 6.07) is 14.0. The molecule has 0 radical (unpaired) electrons. The van der Waals surface area contributed by atoms with Gasteiger partial charge in [-0.05, 0) is 5.39 Å². The molecule has 0 aliphatic rings. The summed E-state index contributed by atoms with van der Waals surface area (Å²) in [6.07, 6.45) is 0. The second-order valence-corrected chi connectivity index (χ2v) is 12.2. The number of fused-ring (bicyclic) bond motifs is 1. The molecule has 32 heavy (non-hydrogen) atoms. The summed E-state index contributed by atoms with van der Waals surface area (Å²) in [5.41, 5.74) is 0. The van der Waals surface area contributed by atoms with E-state index in [4.69, 9.17) is 0 Å². The van der Waals surface area contributed by atoms with Gasteiger partial charge in [-0.3, -0.25) is 18.7 Å². The fourth-order valence-electron chi connectivity index (χ4n) is 4.57. The predicted molar refractivity (Wildman–Crippen MR) is 149 cm³/mol. The maximum absolute atomic E-state index is 2.69. The Bertz CT molecular complexity index is 713. The maximum atomic E-state index is 2.69. The lowest BCUT2D eigenvalue weighted by Gasteiger charge is -2.41. The summed E-state index contributed by atoms with van der Waals surface area (Å²) >= 11 is 0. The quantitative estimate of drug-likeness (QED) is 0.306. The van der Waals surface area contributed by atoms with Crippen LogP contribution in [0.25, 0.3) is 10.8 Å². The van der Waals surface area contributed by atoms with E-state index in [1.165, 1.54) is 21.4 Å². The van der Waals surface area contributed by atoms with Gasteiger partial charge in [0.2, 0.25) is 0 Å². The predicted octanol–water partition coefficient (Wildman–Crippen LogP) is 6.08. The van der Waals surface area contributed by atoms with E-state index in [0.717, 1.165) is 52.4 Å². The summed E-state index contributed by atoms with van der Waals surface area (Å²) < 4.78 is 10.7. The summed E-state index contributed by atoms with van der Waals surface area (Å²) in [7, 11) is -1.08. The second kappa shape index (κ2) is 14.0. The third-order valence-corrected chi connectivity index (χ3v) is 12.3. The van der Waals surface area contributed by atoms with Crippen molar-refractivity contribution >= 4 is 37.8 Å². The van der Waals surface area contributed by atoms with Gasteiger partial charge in [0.05, 0.1) is 16.4 Å². The Morgan fingerprint density at radius 2 is 0.750 bits per heavy atom. The second-order valence-electron chi connectivity index (χ2n) is 7.79. The van der Waals surface area contributed by atoms with Gasteiger partial charge in [0, 0.05) is 68.4 Å². The van der Waals surface area contributed by atoms with Crippen molar-refractivity contribution in [3.8, 4) is 0 Å². The van der Waals surface area contributed by atoms with Crippen LogP contribution in [0.4, 0.5) is 0 Å². The summed E-state index contributed by atoms with van der Waals surface area (Å²) in [4.78, 5) is 0. The van der Waals surface area contributed by atoms with Crippen LogP contribution in [-0.4, -0.2) is 71.0 Å². The highest BCUT2D eigenvalue weighted by Gasteiger charge is 2.30. The van der Waals surface area contributed by atoms with Crippen molar-refractivity contribution in [2.45, 2.75) is 55.4 Å². The topological polar surface area (TPSA) is 13.0 Å². The van der Waals surface area contributed by atoms with E-state index in [9.17, 15) is 0 Å². The van der Waals surface area contributed by atoms with Gasteiger partial charge < -0.3 is 0 Å². The number of hydrogen-bond acceptors (Lipinski definition) is 4. The Hall–Kier alpha value is -0.600. The lowest BCUT2D eigenvalue weighted by Crippen LogP contribution is -2.37. The molecule has 2 aromatic rings. The van der Waals surface area contributed by atoms with Crippen molar-refractivity contribution in [1.29, 1.82) is 0 Å². The Morgan fingerprint density at radius 3 is 1.00 bits per heavy atom. The van der Waals surface area contributed by atoms with Crippen LogP contribution >= 0.6 is 16.4 Å². The molecule has 0 bridgehead atoms. The normalized spacial score (nSPS) is 12.6. The average molecular weight is 477 g/mol. The van der Waals surface area contributed by atoms with Crippen molar-refractivity contribution < 1.29 is 0 Å². The number of nitrogens with zero attached hydrogens (tertiary/aromatic N) is 4. The molecule has 0 unspecified atom stereocenters. The standard InChI is InChI=1S/C26H46N4P2/c1-9-27(10-2)31(28(11-3)12-4)24-21-17-19-23-20-18-22-25(26(23)24)32(29(13-5)14-6)30(15-7)16-8/h17-22H,9-16H2,1-8H3. The van der Waals surface area contributed by atoms with Gasteiger partial charge in [-0.15, -0.1) is 0 Å². The van der Waals surface area contributed by atoms with Gasteiger partial charge in [-0.2, -0.15) is 0 Å². The molecule has 0 fully saturated rings. The molecule has 2 rings (SSSR count). The first-order valence-corrected chi connectivity index (χ1v) is 15.2. The molecular weight excluding hydrogens is 430 g/mol. The van der Waals surface area contributed by atoms with Gasteiger partial charge in [0.15, 0.2) is 0 Å².